The highest BCUT2D eigenvalue weighted by molar-refractivity contribution is 5.88. The second-order valence-electron chi connectivity index (χ2n) is 4.53. The fourth-order valence-electron chi connectivity index (χ4n) is 1.18. The summed E-state index contributed by atoms with van der Waals surface area (Å²) in [7, 11) is 0. The zero-order valence-corrected chi connectivity index (χ0v) is 8.37. The number of aldehydes is 1. The SMILES string of the molecule is CC(C)(C)OC(=O)C(C=O)C1CC1. The van der Waals surface area contributed by atoms with Crippen LogP contribution in [-0.4, -0.2) is 17.9 Å². The van der Waals surface area contributed by atoms with Gasteiger partial charge in [-0.1, -0.05) is 0 Å². The third-order valence-electron chi connectivity index (χ3n) is 1.96. The highest BCUT2D eigenvalue weighted by Gasteiger charge is 2.38. The van der Waals surface area contributed by atoms with Gasteiger partial charge in [-0.15, -0.1) is 0 Å². The Hall–Kier alpha value is -0.860. The summed E-state index contributed by atoms with van der Waals surface area (Å²) in [6.07, 6.45) is 2.66. The van der Waals surface area contributed by atoms with Crippen LogP contribution in [0.2, 0.25) is 0 Å². The zero-order chi connectivity index (χ0) is 10.1. The van der Waals surface area contributed by atoms with E-state index in [4.69, 9.17) is 4.74 Å². The Kier molecular flexibility index (Phi) is 2.74. The van der Waals surface area contributed by atoms with Crippen LogP contribution in [0.3, 0.4) is 0 Å². The predicted octanol–water partition coefficient (Wildman–Crippen LogP) is 1.55. The lowest BCUT2D eigenvalue weighted by atomic mass is 10.1. The molecule has 74 valence electrons. The van der Waals surface area contributed by atoms with Crippen molar-refractivity contribution in [3.8, 4) is 0 Å². The molecule has 0 amide bonds. The standard InChI is InChI=1S/C10H16O3/c1-10(2,3)13-9(12)8(6-11)7-4-5-7/h6-8H,4-5H2,1-3H3. The summed E-state index contributed by atoms with van der Waals surface area (Å²) in [5, 5.41) is 0. The molecule has 1 rings (SSSR count). The number of carbonyl (C=O) groups is 2. The predicted molar refractivity (Wildman–Crippen MR) is 48.1 cm³/mol. The molecule has 0 radical (unpaired) electrons. The van der Waals surface area contributed by atoms with Crippen molar-refractivity contribution < 1.29 is 14.3 Å². The van der Waals surface area contributed by atoms with Gasteiger partial charge in [-0.25, -0.2) is 0 Å². The maximum atomic E-state index is 11.4. The Balaban J connectivity index is 2.49. The van der Waals surface area contributed by atoms with Crippen molar-refractivity contribution in [2.24, 2.45) is 11.8 Å². The third-order valence-corrected chi connectivity index (χ3v) is 1.96. The lowest BCUT2D eigenvalue weighted by Gasteiger charge is -2.21. The first-order valence-electron chi connectivity index (χ1n) is 4.62. The van der Waals surface area contributed by atoms with Crippen LogP contribution in [0.1, 0.15) is 33.6 Å². The molecule has 1 aliphatic rings. The van der Waals surface area contributed by atoms with Crippen LogP contribution >= 0.6 is 0 Å². The Morgan fingerprint density at radius 1 is 1.46 bits per heavy atom. The monoisotopic (exact) mass is 184 g/mol. The molecule has 0 aromatic carbocycles. The molecular weight excluding hydrogens is 168 g/mol. The number of ether oxygens (including phenoxy) is 1. The fourth-order valence-corrected chi connectivity index (χ4v) is 1.18. The van der Waals surface area contributed by atoms with Crippen LogP contribution in [0.25, 0.3) is 0 Å². The number of esters is 1. The van der Waals surface area contributed by atoms with E-state index in [0.717, 1.165) is 12.8 Å². The molecule has 1 unspecified atom stereocenters. The van der Waals surface area contributed by atoms with Crippen LogP contribution in [0.4, 0.5) is 0 Å². The van der Waals surface area contributed by atoms with E-state index >= 15 is 0 Å². The van der Waals surface area contributed by atoms with Crippen LogP contribution in [0.15, 0.2) is 0 Å². The molecular formula is C10H16O3. The van der Waals surface area contributed by atoms with Gasteiger partial charge in [-0.2, -0.15) is 0 Å². The van der Waals surface area contributed by atoms with Crippen LogP contribution in [-0.2, 0) is 14.3 Å². The van der Waals surface area contributed by atoms with Gasteiger partial charge in [0.05, 0.1) is 0 Å². The summed E-state index contributed by atoms with van der Waals surface area (Å²) in [5.41, 5.74) is -0.493. The van der Waals surface area contributed by atoms with Crippen molar-refractivity contribution in [1.82, 2.24) is 0 Å². The molecule has 0 N–H and O–H groups in total. The molecule has 1 fully saturated rings. The summed E-state index contributed by atoms with van der Waals surface area (Å²) in [5.74, 6) is -0.656. The summed E-state index contributed by atoms with van der Waals surface area (Å²) >= 11 is 0. The van der Waals surface area contributed by atoms with Crippen molar-refractivity contribution >= 4 is 12.3 Å². The van der Waals surface area contributed by atoms with Crippen molar-refractivity contribution in [2.75, 3.05) is 0 Å². The van der Waals surface area contributed by atoms with Crippen molar-refractivity contribution in [3.05, 3.63) is 0 Å². The molecule has 3 nitrogen and oxygen atoms in total. The summed E-state index contributed by atoms with van der Waals surface area (Å²) in [6, 6.07) is 0. The Morgan fingerprint density at radius 3 is 2.31 bits per heavy atom. The number of hydrogen-bond acceptors (Lipinski definition) is 3. The lowest BCUT2D eigenvalue weighted by Crippen LogP contribution is -2.30. The van der Waals surface area contributed by atoms with E-state index in [1.165, 1.54) is 0 Å². The van der Waals surface area contributed by atoms with Gasteiger partial charge in [-0.05, 0) is 39.5 Å². The molecule has 0 bridgehead atoms. The first-order valence-corrected chi connectivity index (χ1v) is 4.62. The average Bonchev–Trinajstić information content (AvgIpc) is 2.68. The second-order valence-corrected chi connectivity index (χ2v) is 4.53. The first kappa shape index (κ1) is 10.2. The second kappa shape index (κ2) is 3.48. The van der Waals surface area contributed by atoms with Gasteiger partial charge in [-0.3, -0.25) is 4.79 Å². The molecule has 0 spiro atoms. The van der Waals surface area contributed by atoms with E-state index in [1.807, 2.05) is 0 Å². The smallest absolute Gasteiger partial charge is 0.316 e. The van der Waals surface area contributed by atoms with E-state index in [0.29, 0.717) is 6.29 Å². The minimum Gasteiger partial charge on any atom is -0.459 e. The van der Waals surface area contributed by atoms with Gasteiger partial charge in [0.25, 0.3) is 0 Å². The number of carbonyl (C=O) groups excluding carboxylic acids is 2. The van der Waals surface area contributed by atoms with E-state index in [9.17, 15) is 9.59 Å². The van der Waals surface area contributed by atoms with Gasteiger partial charge in [0, 0.05) is 0 Å². The van der Waals surface area contributed by atoms with Crippen molar-refractivity contribution in [3.63, 3.8) is 0 Å². The van der Waals surface area contributed by atoms with Crippen molar-refractivity contribution in [2.45, 2.75) is 39.2 Å². The minimum atomic E-state index is -0.528. The first-order chi connectivity index (χ1) is 5.94. The Labute approximate surface area is 78.5 Å². The molecule has 0 aliphatic heterocycles. The van der Waals surface area contributed by atoms with Gasteiger partial charge in [0.1, 0.15) is 17.8 Å². The molecule has 0 aromatic rings. The molecule has 1 aliphatic carbocycles. The van der Waals surface area contributed by atoms with E-state index < -0.39 is 11.5 Å². The molecule has 3 heteroatoms. The summed E-state index contributed by atoms with van der Waals surface area (Å²) in [4.78, 5) is 22.0. The molecule has 0 heterocycles. The van der Waals surface area contributed by atoms with E-state index in [2.05, 4.69) is 0 Å². The Morgan fingerprint density at radius 2 is 2.00 bits per heavy atom. The maximum Gasteiger partial charge on any atom is 0.316 e. The van der Waals surface area contributed by atoms with Crippen molar-refractivity contribution in [1.29, 1.82) is 0 Å². The molecule has 1 saturated carbocycles. The largest absolute Gasteiger partial charge is 0.459 e. The van der Waals surface area contributed by atoms with Gasteiger partial charge < -0.3 is 9.53 Å². The van der Waals surface area contributed by atoms with E-state index in [-0.39, 0.29) is 11.9 Å². The summed E-state index contributed by atoms with van der Waals surface area (Å²) in [6.45, 7) is 5.42. The number of hydrogen-bond donors (Lipinski definition) is 0. The van der Waals surface area contributed by atoms with Crippen LogP contribution in [0.5, 0.6) is 0 Å². The third kappa shape index (κ3) is 3.17. The minimum absolute atomic E-state index is 0.243. The van der Waals surface area contributed by atoms with Gasteiger partial charge in [0.2, 0.25) is 0 Å². The molecule has 13 heavy (non-hydrogen) atoms. The topological polar surface area (TPSA) is 43.4 Å². The normalized spacial score (nSPS) is 19.3. The average molecular weight is 184 g/mol. The van der Waals surface area contributed by atoms with Gasteiger partial charge >= 0.3 is 5.97 Å². The fraction of sp³-hybridized carbons (Fsp3) is 0.800. The zero-order valence-electron chi connectivity index (χ0n) is 8.37. The van der Waals surface area contributed by atoms with Crippen LogP contribution in [0, 0.1) is 11.8 Å². The highest BCUT2D eigenvalue weighted by atomic mass is 16.6. The van der Waals surface area contributed by atoms with E-state index in [1.54, 1.807) is 20.8 Å². The molecule has 0 aromatic heterocycles. The molecule has 1 atom stereocenters. The highest BCUT2D eigenvalue weighted by Crippen LogP contribution is 2.36. The van der Waals surface area contributed by atoms with Crippen LogP contribution < -0.4 is 0 Å². The maximum absolute atomic E-state index is 11.4. The lowest BCUT2D eigenvalue weighted by molar-refractivity contribution is -0.161. The quantitative estimate of drug-likeness (QED) is 0.380. The Bertz CT molecular complexity index is 211. The number of rotatable bonds is 3. The summed E-state index contributed by atoms with van der Waals surface area (Å²) < 4.78 is 5.12. The molecule has 0 saturated heterocycles. The van der Waals surface area contributed by atoms with Gasteiger partial charge in [0.15, 0.2) is 0 Å².